The van der Waals surface area contributed by atoms with Crippen molar-refractivity contribution in [3.63, 3.8) is 0 Å². The van der Waals surface area contributed by atoms with Gasteiger partial charge in [-0.2, -0.15) is 0 Å². The van der Waals surface area contributed by atoms with Crippen molar-refractivity contribution < 1.29 is 4.79 Å². The molecule has 106 valence electrons. The van der Waals surface area contributed by atoms with Crippen LogP contribution in [0.15, 0.2) is 30.3 Å². The van der Waals surface area contributed by atoms with Gasteiger partial charge in [0.2, 0.25) is 5.91 Å². The van der Waals surface area contributed by atoms with Crippen LogP contribution in [0.1, 0.15) is 31.7 Å². The van der Waals surface area contributed by atoms with Crippen LogP contribution in [0, 0.1) is 5.92 Å². The normalized spacial score (nSPS) is 12.2. The number of carbonyl (C=O) groups is 1. The van der Waals surface area contributed by atoms with Crippen LogP contribution in [0.25, 0.3) is 0 Å². The lowest BCUT2D eigenvalue weighted by Crippen LogP contribution is -2.37. The fourth-order valence-corrected chi connectivity index (χ4v) is 2.28. The fraction of sp³-hybridized carbons (Fsp3) is 0.562. The molecule has 0 aliphatic rings. The van der Waals surface area contributed by atoms with E-state index in [2.05, 4.69) is 31.2 Å². The summed E-state index contributed by atoms with van der Waals surface area (Å²) >= 11 is 0. The van der Waals surface area contributed by atoms with E-state index in [9.17, 15) is 4.79 Å². The molecule has 3 heteroatoms. The van der Waals surface area contributed by atoms with Crippen LogP contribution in [-0.4, -0.2) is 30.9 Å². The van der Waals surface area contributed by atoms with E-state index < -0.39 is 0 Å². The molecule has 1 aromatic rings. The van der Waals surface area contributed by atoms with Crippen LogP contribution in [0.5, 0.6) is 0 Å². The van der Waals surface area contributed by atoms with Gasteiger partial charge in [-0.1, -0.05) is 43.7 Å². The Hall–Kier alpha value is -1.35. The lowest BCUT2D eigenvalue weighted by Gasteiger charge is -2.22. The Morgan fingerprint density at radius 1 is 1.32 bits per heavy atom. The summed E-state index contributed by atoms with van der Waals surface area (Å²) < 4.78 is 0. The van der Waals surface area contributed by atoms with Gasteiger partial charge in [0.25, 0.3) is 0 Å². The van der Waals surface area contributed by atoms with Crippen LogP contribution in [0.3, 0.4) is 0 Å². The predicted octanol–water partition coefficient (Wildman–Crippen LogP) is 2.45. The maximum absolute atomic E-state index is 12.2. The lowest BCUT2D eigenvalue weighted by atomic mass is 10.0. The molecular weight excluding hydrogens is 236 g/mol. The van der Waals surface area contributed by atoms with E-state index in [0.29, 0.717) is 6.54 Å². The SMILES string of the molecule is CCCC(CN)C(=O)N(C)CCCc1ccccc1. The molecule has 1 rings (SSSR count). The number of carbonyl (C=O) groups excluding carboxylic acids is 1. The highest BCUT2D eigenvalue weighted by Gasteiger charge is 2.19. The Morgan fingerprint density at radius 2 is 2.00 bits per heavy atom. The van der Waals surface area contributed by atoms with E-state index in [4.69, 9.17) is 5.73 Å². The molecule has 0 heterocycles. The summed E-state index contributed by atoms with van der Waals surface area (Å²) in [5.74, 6) is 0.184. The van der Waals surface area contributed by atoms with Gasteiger partial charge in [-0.3, -0.25) is 4.79 Å². The Balaban J connectivity index is 2.34. The first-order valence-electron chi connectivity index (χ1n) is 7.18. The average molecular weight is 262 g/mol. The molecule has 2 N–H and O–H groups in total. The molecule has 0 radical (unpaired) electrons. The third kappa shape index (κ3) is 5.43. The van der Waals surface area contributed by atoms with Crippen molar-refractivity contribution in [3.8, 4) is 0 Å². The first-order valence-corrected chi connectivity index (χ1v) is 7.18. The Morgan fingerprint density at radius 3 is 2.58 bits per heavy atom. The Kier molecular flexibility index (Phi) is 7.19. The maximum atomic E-state index is 12.2. The number of hydrogen-bond donors (Lipinski definition) is 1. The summed E-state index contributed by atoms with van der Waals surface area (Å²) in [6, 6.07) is 10.4. The van der Waals surface area contributed by atoms with E-state index in [0.717, 1.165) is 32.2 Å². The van der Waals surface area contributed by atoms with Gasteiger partial charge in [-0.25, -0.2) is 0 Å². The quantitative estimate of drug-likeness (QED) is 0.782. The third-order valence-electron chi connectivity index (χ3n) is 3.45. The van der Waals surface area contributed by atoms with Gasteiger partial charge in [-0.05, 0) is 24.8 Å². The number of nitrogens with two attached hydrogens (primary N) is 1. The molecule has 0 saturated heterocycles. The molecule has 0 saturated carbocycles. The standard InChI is InChI=1S/C16H26N2O/c1-3-8-15(13-17)16(19)18(2)12-7-11-14-9-5-4-6-10-14/h4-6,9-10,15H,3,7-8,11-13,17H2,1-2H3. The molecule has 3 nitrogen and oxygen atoms in total. The molecule has 1 aromatic carbocycles. The highest BCUT2D eigenvalue weighted by Crippen LogP contribution is 2.09. The van der Waals surface area contributed by atoms with Crippen molar-refractivity contribution in [2.75, 3.05) is 20.1 Å². The largest absolute Gasteiger partial charge is 0.345 e. The molecule has 0 bridgehead atoms. The molecule has 0 aromatic heterocycles. The van der Waals surface area contributed by atoms with E-state index >= 15 is 0 Å². The number of hydrogen-bond acceptors (Lipinski definition) is 2. The second kappa shape index (κ2) is 8.70. The summed E-state index contributed by atoms with van der Waals surface area (Å²) in [7, 11) is 1.88. The highest BCUT2D eigenvalue weighted by molar-refractivity contribution is 5.78. The van der Waals surface area contributed by atoms with Gasteiger partial charge in [0, 0.05) is 20.1 Å². The number of rotatable bonds is 8. The van der Waals surface area contributed by atoms with Crippen molar-refractivity contribution in [2.24, 2.45) is 11.7 Å². The highest BCUT2D eigenvalue weighted by atomic mass is 16.2. The number of nitrogens with zero attached hydrogens (tertiary/aromatic N) is 1. The molecule has 1 amide bonds. The Labute approximate surface area is 116 Å². The predicted molar refractivity (Wildman–Crippen MR) is 79.9 cm³/mol. The zero-order valence-electron chi connectivity index (χ0n) is 12.1. The van der Waals surface area contributed by atoms with Crippen molar-refractivity contribution >= 4 is 5.91 Å². The van der Waals surface area contributed by atoms with Crippen LogP contribution < -0.4 is 5.73 Å². The van der Waals surface area contributed by atoms with E-state index in [1.807, 2.05) is 18.0 Å². The number of benzene rings is 1. The van der Waals surface area contributed by atoms with Gasteiger partial charge < -0.3 is 10.6 Å². The van der Waals surface area contributed by atoms with E-state index in [1.165, 1.54) is 5.56 Å². The van der Waals surface area contributed by atoms with E-state index in [1.54, 1.807) is 0 Å². The van der Waals surface area contributed by atoms with Gasteiger partial charge in [0.1, 0.15) is 0 Å². The second-order valence-corrected chi connectivity index (χ2v) is 5.07. The minimum absolute atomic E-state index is 0.00766. The lowest BCUT2D eigenvalue weighted by molar-refractivity contribution is -0.134. The third-order valence-corrected chi connectivity index (χ3v) is 3.45. The summed E-state index contributed by atoms with van der Waals surface area (Å²) in [5.41, 5.74) is 7.00. The van der Waals surface area contributed by atoms with Crippen molar-refractivity contribution in [3.05, 3.63) is 35.9 Å². The molecule has 1 atom stereocenters. The molecule has 1 unspecified atom stereocenters. The van der Waals surface area contributed by atoms with E-state index in [-0.39, 0.29) is 11.8 Å². The molecular formula is C16H26N2O. The van der Waals surface area contributed by atoms with Crippen LogP contribution in [0.2, 0.25) is 0 Å². The minimum atomic E-state index is -0.00766. The van der Waals surface area contributed by atoms with Gasteiger partial charge in [-0.15, -0.1) is 0 Å². The maximum Gasteiger partial charge on any atom is 0.226 e. The second-order valence-electron chi connectivity index (χ2n) is 5.07. The molecule has 0 spiro atoms. The van der Waals surface area contributed by atoms with Gasteiger partial charge >= 0.3 is 0 Å². The molecule has 0 fully saturated rings. The summed E-state index contributed by atoms with van der Waals surface area (Å²) in [6.07, 6.45) is 3.90. The molecule has 19 heavy (non-hydrogen) atoms. The van der Waals surface area contributed by atoms with Gasteiger partial charge in [0.15, 0.2) is 0 Å². The molecule has 0 aliphatic carbocycles. The Bertz CT molecular complexity index is 364. The van der Waals surface area contributed by atoms with Gasteiger partial charge in [0.05, 0.1) is 5.92 Å². The summed E-state index contributed by atoms with van der Waals surface area (Å²) in [6.45, 7) is 3.34. The van der Waals surface area contributed by atoms with Crippen LogP contribution in [-0.2, 0) is 11.2 Å². The minimum Gasteiger partial charge on any atom is -0.345 e. The summed E-state index contributed by atoms with van der Waals surface area (Å²) in [4.78, 5) is 14.0. The average Bonchev–Trinajstić information content (AvgIpc) is 2.45. The number of aryl methyl sites for hydroxylation is 1. The smallest absolute Gasteiger partial charge is 0.226 e. The summed E-state index contributed by atoms with van der Waals surface area (Å²) in [5, 5.41) is 0. The molecule has 0 aliphatic heterocycles. The fourth-order valence-electron chi connectivity index (χ4n) is 2.28. The van der Waals surface area contributed by atoms with Crippen molar-refractivity contribution in [1.82, 2.24) is 4.90 Å². The van der Waals surface area contributed by atoms with Crippen molar-refractivity contribution in [2.45, 2.75) is 32.6 Å². The zero-order chi connectivity index (χ0) is 14.1. The zero-order valence-corrected chi connectivity index (χ0v) is 12.1. The van der Waals surface area contributed by atoms with Crippen molar-refractivity contribution in [1.29, 1.82) is 0 Å². The van der Waals surface area contributed by atoms with Crippen LogP contribution >= 0.6 is 0 Å². The topological polar surface area (TPSA) is 46.3 Å². The first kappa shape index (κ1) is 15.7. The van der Waals surface area contributed by atoms with Crippen LogP contribution in [0.4, 0.5) is 0 Å². The first-order chi connectivity index (χ1) is 9.19. The monoisotopic (exact) mass is 262 g/mol. The number of amides is 1.